The van der Waals surface area contributed by atoms with Crippen LogP contribution in [0.25, 0.3) is 0 Å². The van der Waals surface area contributed by atoms with Crippen molar-refractivity contribution in [3.05, 3.63) is 48.6 Å². The minimum atomic E-state index is -1.13. The van der Waals surface area contributed by atoms with Gasteiger partial charge in [-0.05, 0) is 26.2 Å². The molecule has 7 N–H and O–H groups in total. The van der Waals surface area contributed by atoms with E-state index in [9.17, 15) is 35.1 Å². The van der Waals surface area contributed by atoms with Crippen LogP contribution in [0.4, 0.5) is 4.79 Å². The smallest absolute Gasteiger partial charge is 0.404 e. The third-order valence-electron chi connectivity index (χ3n) is 8.58. The van der Waals surface area contributed by atoms with E-state index in [1.807, 2.05) is 53.7 Å². The van der Waals surface area contributed by atoms with Crippen molar-refractivity contribution >= 4 is 12.1 Å². The number of methoxy groups -OCH3 is 1. The number of aliphatic hydroxyl groups excluding tert-OH is 5. The molecule has 0 aliphatic heterocycles. The summed E-state index contributed by atoms with van der Waals surface area (Å²) >= 11 is 0. The van der Waals surface area contributed by atoms with Gasteiger partial charge in [0.15, 0.2) is 0 Å². The van der Waals surface area contributed by atoms with Crippen molar-refractivity contribution in [2.45, 2.75) is 105 Å². The van der Waals surface area contributed by atoms with Crippen LogP contribution >= 0.6 is 0 Å². The second-order valence-corrected chi connectivity index (χ2v) is 12.6. The average Bonchev–Trinajstić information content (AvgIpc) is 2.97. The van der Waals surface area contributed by atoms with E-state index in [1.165, 1.54) is 20.1 Å². The predicted molar refractivity (Wildman–Crippen MR) is 172 cm³/mol. The number of primary amides is 1. The maximum atomic E-state index is 11.7. The molecule has 0 aromatic carbocycles. The fourth-order valence-electron chi connectivity index (χ4n) is 5.59. The Balaban J connectivity index is 5.22. The second kappa shape index (κ2) is 20.5. The first-order valence-electron chi connectivity index (χ1n) is 15.5. The zero-order valence-electron chi connectivity index (χ0n) is 28.0. The highest BCUT2D eigenvalue weighted by Gasteiger charge is 2.34. The van der Waals surface area contributed by atoms with E-state index in [-0.39, 0.29) is 30.1 Å². The molecule has 0 aromatic rings. The van der Waals surface area contributed by atoms with Crippen LogP contribution in [0.2, 0.25) is 0 Å². The fraction of sp³-hybridized carbons (Fsp3) is 0.706. The lowest BCUT2D eigenvalue weighted by molar-refractivity contribution is -0.151. The summed E-state index contributed by atoms with van der Waals surface area (Å²) in [5.74, 6) is -3.37. The zero-order chi connectivity index (χ0) is 34.3. The van der Waals surface area contributed by atoms with Crippen molar-refractivity contribution < 1.29 is 44.6 Å². The van der Waals surface area contributed by atoms with Gasteiger partial charge in [0.05, 0.1) is 43.5 Å². The number of rotatable bonds is 20. The third kappa shape index (κ3) is 14.1. The standard InChI is InChI=1S/C34H59NO9/c1-11-12-13-21(4)32(44-34(35)42)25(8)30(39)23(6)17-19(2)16-22(5)29(38)20(3)14-15-27(36)18-28(37)24(7)31(40)26(9)33(41)43-10/h11-16,20-32,36-40H,1,17-18H2,2-10H3,(H2,35,42)/b13-12-,15-14-,19-16-/t20-,21-,22-,23-,24-,25-,26-,27+,28-,29-,30+,31-,32-/m0/s1. The Morgan fingerprint density at radius 1 is 0.818 bits per heavy atom. The molecule has 0 heterocycles. The van der Waals surface area contributed by atoms with Crippen molar-refractivity contribution in [3.8, 4) is 0 Å². The quantitative estimate of drug-likeness (QED) is 0.0664. The molecule has 0 saturated carbocycles. The molecule has 0 saturated heterocycles. The largest absolute Gasteiger partial charge is 0.469 e. The van der Waals surface area contributed by atoms with Crippen LogP contribution in [-0.4, -0.2) is 81.3 Å². The summed E-state index contributed by atoms with van der Waals surface area (Å²) in [6.45, 7) is 18.0. The summed E-state index contributed by atoms with van der Waals surface area (Å²) in [6, 6.07) is 0. The summed E-state index contributed by atoms with van der Waals surface area (Å²) in [7, 11) is 1.23. The molecule has 0 rings (SSSR count). The second-order valence-electron chi connectivity index (χ2n) is 12.6. The molecule has 0 aliphatic rings. The molecule has 0 bridgehead atoms. The van der Waals surface area contributed by atoms with Gasteiger partial charge >= 0.3 is 12.1 Å². The van der Waals surface area contributed by atoms with Gasteiger partial charge in [0.25, 0.3) is 0 Å². The Bertz CT molecular complexity index is 964. The Kier molecular flexibility index (Phi) is 19.3. The Labute approximate surface area is 264 Å². The number of hydrogen-bond donors (Lipinski definition) is 6. The van der Waals surface area contributed by atoms with Gasteiger partial charge in [-0.1, -0.05) is 90.2 Å². The van der Waals surface area contributed by atoms with Gasteiger partial charge in [-0.2, -0.15) is 0 Å². The van der Waals surface area contributed by atoms with Gasteiger partial charge in [-0.15, -0.1) is 0 Å². The lowest BCUT2D eigenvalue weighted by Gasteiger charge is -2.33. The molecule has 254 valence electrons. The first kappa shape index (κ1) is 41.5. The van der Waals surface area contributed by atoms with E-state index >= 15 is 0 Å². The van der Waals surface area contributed by atoms with Crippen molar-refractivity contribution in [1.29, 1.82) is 0 Å². The molecular weight excluding hydrogens is 566 g/mol. The molecular formula is C34H59NO9. The molecule has 44 heavy (non-hydrogen) atoms. The Morgan fingerprint density at radius 2 is 1.41 bits per heavy atom. The van der Waals surface area contributed by atoms with Crippen molar-refractivity contribution in [2.24, 2.45) is 47.2 Å². The number of amides is 1. The van der Waals surface area contributed by atoms with Gasteiger partial charge in [-0.25, -0.2) is 4.79 Å². The molecule has 0 unspecified atom stereocenters. The first-order chi connectivity index (χ1) is 20.4. The van der Waals surface area contributed by atoms with Gasteiger partial charge in [0, 0.05) is 36.0 Å². The summed E-state index contributed by atoms with van der Waals surface area (Å²) in [5, 5.41) is 53.3. The maximum Gasteiger partial charge on any atom is 0.404 e. The van der Waals surface area contributed by atoms with E-state index in [2.05, 4.69) is 11.3 Å². The van der Waals surface area contributed by atoms with Crippen LogP contribution in [-0.2, 0) is 14.3 Å². The minimum Gasteiger partial charge on any atom is -0.469 e. The van der Waals surface area contributed by atoms with Crippen LogP contribution in [0.3, 0.4) is 0 Å². The van der Waals surface area contributed by atoms with Crippen LogP contribution in [0.5, 0.6) is 0 Å². The van der Waals surface area contributed by atoms with Gasteiger partial charge in [0.2, 0.25) is 0 Å². The molecule has 0 aromatic heterocycles. The number of ether oxygens (including phenoxy) is 2. The highest BCUT2D eigenvalue weighted by molar-refractivity contribution is 5.72. The SMILES string of the molecule is C=C/C=C\[C@H](C)[C@H](OC(N)=O)[C@@H](C)[C@H](O)[C@@H](C)C/C(C)=C\[C@H](C)[C@@H](O)[C@@H](C)/C=C\[C@@H](O)C[C@H](O)[C@H](C)[C@H](O)[C@H](C)C(=O)OC. The van der Waals surface area contributed by atoms with E-state index in [4.69, 9.17) is 10.5 Å². The van der Waals surface area contributed by atoms with Crippen LogP contribution < -0.4 is 5.73 Å². The number of carbonyl (C=O) groups is 2. The molecule has 0 fully saturated rings. The van der Waals surface area contributed by atoms with Crippen LogP contribution in [0.15, 0.2) is 48.6 Å². The summed E-state index contributed by atoms with van der Waals surface area (Å²) < 4.78 is 10.0. The van der Waals surface area contributed by atoms with Crippen molar-refractivity contribution in [3.63, 3.8) is 0 Å². The monoisotopic (exact) mass is 625 g/mol. The molecule has 10 heteroatoms. The number of carbonyl (C=O) groups excluding carboxylic acids is 2. The fourth-order valence-corrected chi connectivity index (χ4v) is 5.59. The van der Waals surface area contributed by atoms with E-state index in [0.29, 0.717) is 6.42 Å². The van der Waals surface area contributed by atoms with Crippen LogP contribution in [0, 0.1) is 41.4 Å². The maximum absolute atomic E-state index is 11.7. The number of aliphatic hydroxyl groups is 5. The highest BCUT2D eigenvalue weighted by Crippen LogP contribution is 2.29. The van der Waals surface area contributed by atoms with Gasteiger partial charge < -0.3 is 40.7 Å². The van der Waals surface area contributed by atoms with Crippen LogP contribution in [0.1, 0.15) is 68.2 Å². The summed E-state index contributed by atoms with van der Waals surface area (Å²) in [5.41, 5.74) is 6.28. The molecule has 0 spiro atoms. The summed E-state index contributed by atoms with van der Waals surface area (Å²) in [6.07, 6.45) is 4.62. The third-order valence-corrected chi connectivity index (χ3v) is 8.58. The first-order valence-corrected chi connectivity index (χ1v) is 15.5. The van der Waals surface area contributed by atoms with E-state index in [0.717, 1.165) is 5.57 Å². The molecule has 0 radical (unpaired) electrons. The molecule has 1 amide bonds. The lowest BCUT2D eigenvalue weighted by atomic mass is 9.81. The van der Waals surface area contributed by atoms with Gasteiger partial charge in [-0.3, -0.25) is 4.79 Å². The van der Waals surface area contributed by atoms with Gasteiger partial charge in [0.1, 0.15) is 6.10 Å². The average molecular weight is 626 g/mol. The van der Waals surface area contributed by atoms with Crippen molar-refractivity contribution in [1.82, 2.24) is 0 Å². The predicted octanol–water partition coefficient (Wildman–Crippen LogP) is 3.91. The zero-order valence-corrected chi connectivity index (χ0v) is 28.0. The summed E-state index contributed by atoms with van der Waals surface area (Å²) in [4.78, 5) is 23.2. The molecule has 10 nitrogen and oxygen atoms in total. The Hall–Kier alpha value is -2.50. The Morgan fingerprint density at radius 3 is 1.93 bits per heavy atom. The normalized spacial score (nSPS) is 21.6. The highest BCUT2D eigenvalue weighted by atomic mass is 16.6. The van der Waals surface area contributed by atoms with E-state index < -0.39 is 66.4 Å². The minimum absolute atomic E-state index is 0.0483. The molecule has 0 aliphatic carbocycles. The number of esters is 1. The number of hydrogen-bond acceptors (Lipinski definition) is 9. The van der Waals surface area contributed by atoms with E-state index in [1.54, 1.807) is 25.2 Å². The number of allylic oxidation sites excluding steroid dienone is 3. The lowest BCUT2D eigenvalue weighted by Crippen LogP contribution is -2.41. The number of nitrogens with two attached hydrogens (primary N) is 1. The topological polar surface area (TPSA) is 180 Å². The molecule has 13 atom stereocenters. The van der Waals surface area contributed by atoms with Crippen molar-refractivity contribution in [2.75, 3.05) is 7.11 Å².